The van der Waals surface area contributed by atoms with Gasteiger partial charge in [-0.05, 0) is 33.3 Å². The smallest absolute Gasteiger partial charge is 0.223 e. The van der Waals surface area contributed by atoms with Crippen LogP contribution in [0.1, 0.15) is 24.7 Å². The number of hydrogen-bond donors (Lipinski definition) is 1. The van der Waals surface area contributed by atoms with Gasteiger partial charge in [0.25, 0.3) is 0 Å². The van der Waals surface area contributed by atoms with Crippen molar-refractivity contribution in [3.63, 3.8) is 0 Å². The third-order valence-corrected chi connectivity index (χ3v) is 1.81. The zero-order valence-electron chi connectivity index (χ0n) is 9.04. The normalized spacial score (nSPS) is 10.8. The molecule has 0 saturated heterocycles. The highest BCUT2D eigenvalue weighted by molar-refractivity contribution is 5.27. The first-order chi connectivity index (χ1) is 6.72. The number of aromatic nitrogens is 2. The molecule has 0 unspecified atom stereocenters. The second kappa shape index (κ2) is 5.37. The van der Waals surface area contributed by atoms with Crippen molar-refractivity contribution < 1.29 is 0 Å². The summed E-state index contributed by atoms with van der Waals surface area (Å²) in [6.45, 7) is 6.86. The largest absolute Gasteiger partial charge is 0.354 e. The summed E-state index contributed by atoms with van der Waals surface area (Å²) >= 11 is 0. The van der Waals surface area contributed by atoms with Crippen LogP contribution in [0.25, 0.3) is 0 Å². The molecule has 14 heavy (non-hydrogen) atoms. The maximum atomic E-state index is 4.29. The van der Waals surface area contributed by atoms with Crippen LogP contribution >= 0.6 is 0 Å². The lowest BCUT2D eigenvalue weighted by Gasteiger charge is -2.04. The van der Waals surface area contributed by atoms with E-state index in [0.717, 1.165) is 30.3 Å². The summed E-state index contributed by atoms with van der Waals surface area (Å²) in [6, 6.07) is 1.97. The lowest BCUT2D eigenvalue weighted by Crippen LogP contribution is -2.05. The van der Waals surface area contributed by atoms with Gasteiger partial charge in [-0.3, -0.25) is 0 Å². The number of allylic oxidation sites excluding steroid dienone is 1. The molecule has 1 aromatic rings. The minimum absolute atomic E-state index is 0.729. The number of anilines is 1. The molecular weight excluding hydrogens is 174 g/mol. The van der Waals surface area contributed by atoms with Crippen molar-refractivity contribution in [2.24, 2.45) is 0 Å². The highest BCUT2D eigenvalue weighted by Gasteiger charge is 1.96. The molecule has 0 atom stereocenters. The average molecular weight is 191 g/mol. The van der Waals surface area contributed by atoms with E-state index >= 15 is 0 Å². The van der Waals surface area contributed by atoms with Crippen LogP contribution in [-0.2, 0) is 0 Å². The molecule has 76 valence electrons. The van der Waals surface area contributed by atoms with Crippen molar-refractivity contribution in [1.82, 2.24) is 9.97 Å². The molecule has 1 heterocycles. The van der Waals surface area contributed by atoms with Crippen LogP contribution in [-0.4, -0.2) is 16.5 Å². The van der Waals surface area contributed by atoms with Gasteiger partial charge in [-0.25, -0.2) is 9.97 Å². The molecule has 3 nitrogen and oxygen atoms in total. The Kier molecular flexibility index (Phi) is 4.11. The van der Waals surface area contributed by atoms with E-state index in [4.69, 9.17) is 0 Å². The van der Waals surface area contributed by atoms with E-state index in [-0.39, 0.29) is 0 Å². The standard InChI is InChI=1S/C11H17N3/c1-4-5-6-7-12-11-13-9(2)8-10(3)14-11/h4-5,8H,6-7H2,1-3H3,(H,12,13,14)/b5-4+. The Morgan fingerprint density at radius 1 is 1.29 bits per heavy atom. The summed E-state index contributed by atoms with van der Waals surface area (Å²) in [5, 5.41) is 3.19. The molecule has 1 rings (SSSR count). The zero-order valence-corrected chi connectivity index (χ0v) is 9.04. The van der Waals surface area contributed by atoms with Gasteiger partial charge in [0.15, 0.2) is 0 Å². The van der Waals surface area contributed by atoms with Crippen LogP contribution in [0.3, 0.4) is 0 Å². The summed E-state index contributed by atoms with van der Waals surface area (Å²) in [6.07, 6.45) is 5.17. The third kappa shape index (κ3) is 3.56. The molecule has 0 spiro atoms. The molecule has 0 aliphatic rings. The van der Waals surface area contributed by atoms with Gasteiger partial charge in [-0.15, -0.1) is 0 Å². The average Bonchev–Trinajstić information content (AvgIpc) is 2.11. The Morgan fingerprint density at radius 2 is 1.93 bits per heavy atom. The van der Waals surface area contributed by atoms with Crippen LogP contribution in [0.4, 0.5) is 5.95 Å². The van der Waals surface area contributed by atoms with Crippen molar-refractivity contribution >= 4 is 5.95 Å². The Morgan fingerprint density at radius 3 is 2.50 bits per heavy atom. The van der Waals surface area contributed by atoms with E-state index in [1.165, 1.54) is 0 Å². The highest BCUT2D eigenvalue weighted by atomic mass is 15.1. The molecule has 0 saturated carbocycles. The third-order valence-electron chi connectivity index (χ3n) is 1.81. The molecule has 1 N–H and O–H groups in total. The number of hydrogen-bond acceptors (Lipinski definition) is 3. The minimum Gasteiger partial charge on any atom is -0.354 e. The van der Waals surface area contributed by atoms with Crippen molar-refractivity contribution in [3.8, 4) is 0 Å². The molecule has 0 radical (unpaired) electrons. The van der Waals surface area contributed by atoms with Gasteiger partial charge in [-0.2, -0.15) is 0 Å². The van der Waals surface area contributed by atoms with E-state index in [1.54, 1.807) is 0 Å². The van der Waals surface area contributed by atoms with E-state index < -0.39 is 0 Å². The van der Waals surface area contributed by atoms with Gasteiger partial charge in [0.05, 0.1) is 0 Å². The first-order valence-electron chi connectivity index (χ1n) is 4.89. The molecule has 3 heteroatoms. The number of nitrogens with one attached hydrogen (secondary N) is 1. The first-order valence-corrected chi connectivity index (χ1v) is 4.89. The molecule has 0 fully saturated rings. The number of aryl methyl sites for hydroxylation is 2. The lowest BCUT2D eigenvalue weighted by molar-refractivity contribution is 0.982. The van der Waals surface area contributed by atoms with Crippen LogP contribution in [0.5, 0.6) is 0 Å². The van der Waals surface area contributed by atoms with E-state index in [2.05, 4.69) is 21.4 Å². The molecule has 1 aromatic heterocycles. The van der Waals surface area contributed by atoms with Gasteiger partial charge in [0.2, 0.25) is 5.95 Å². The summed E-state index contributed by atoms with van der Waals surface area (Å²) in [4.78, 5) is 8.57. The fourth-order valence-electron chi connectivity index (χ4n) is 1.24. The SMILES string of the molecule is C/C=C/CCNc1nc(C)cc(C)n1. The Balaban J connectivity index is 2.50. The topological polar surface area (TPSA) is 37.8 Å². The predicted octanol–water partition coefficient (Wildman–Crippen LogP) is 2.47. The summed E-state index contributed by atoms with van der Waals surface area (Å²) < 4.78 is 0. The molecule has 0 aliphatic carbocycles. The number of rotatable bonds is 4. The summed E-state index contributed by atoms with van der Waals surface area (Å²) in [5.41, 5.74) is 2.01. The Bertz CT molecular complexity index is 298. The molecular formula is C11H17N3. The quantitative estimate of drug-likeness (QED) is 0.587. The monoisotopic (exact) mass is 191 g/mol. The van der Waals surface area contributed by atoms with E-state index in [0.29, 0.717) is 0 Å². The minimum atomic E-state index is 0.729. The zero-order chi connectivity index (χ0) is 10.4. The Labute approximate surface area is 85.3 Å². The van der Waals surface area contributed by atoms with Crippen LogP contribution in [0.2, 0.25) is 0 Å². The number of nitrogens with zero attached hydrogens (tertiary/aromatic N) is 2. The first kappa shape index (κ1) is 10.7. The van der Waals surface area contributed by atoms with Crippen molar-refractivity contribution in [3.05, 3.63) is 29.6 Å². The molecule has 0 amide bonds. The van der Waals surface area contributed by atoms with Gasteiger partial charge < -0.3 is 5.32 Å². The molecule has 0 aromatic carbocycles. The van der Waals surface area contributed by atoms with E-state index in [9.17, 15) is 0 Å². The molecule has 0 bridgehead atoms. The van der Waals surface area contributed by atoms with Crippen molar-refractivity contribution in [2.75, 3.05) is 11.9 Å². The predicted molar refractivity (Wildman–Crippen MR) is 59.4 cm³/mol. The fourth-order valence-corrected chi connectivity index (χ4v) is 1.24. The second-order valence-corrected chi connectivity index (χ2v) is 3.26. The highest BCUT2D eigenvalue weighted by Crippen LogP contribution is 2.03. The summed E-state index contributed by atoms with van der Waals surface area (Å²) in [7, 11) is 0. The lowest BCUT2D eigenvalue weighted by atomic mass is 10.3. The second-order valence-electron chi connectivity index (χ2n) is 3.26. The maximum absolute atomic E-state index is 4.29. The van der Waals surface area contributed by atoms with Gasteiger partial charge in [-0.1, -0.05) is 12.2 Å². The van der Waals surface area contributed by atoms with Crippen LogP contribution < -0.4 is 5.32 Å². The van der Waals surface area contributed by atoms with Crippen LogP contribution in [0.15, 0.2) is 18.2 Å². The van der Waals surface area contributed by atoms with Crippen LogP contribution in [0, 0.1) is 13.8 Å². The Hall–Kier alpha value is -1.38. The van der Waals surface area contributed by atoms with Gasteiger partial charge >= 0.3 is 0 Å². The van der Waals surface area contributed by atoms with Crippen molar-refractivity contribution in [2.45, 2.75) is 27.2 Å². The fraction of sp³-hybridized carbons (Fsp3) is 0.455. The molecule has 0 aliphatic heterocycles. The van der Waals surface area contributed by atoms with Gasteiger partial charge in [0, 0.05) is 17.9 Å². The van der Waals surface area contributed by atoms with E-state index in [1.807, 2.05) is 32.9 Å². The van der Waals surface area contributed by atoms with Crippen molar-refractivity contribution in [1.29, 1.82) is 0 Å². The van der Waals surface area contributed by atoms with Gasteiger partial charge in [0.1, 0.15) is 0 Å². The summed E-state index contributed by atoms with van der Waals surface area (Å²) in [5.74, 6) is 0.729. The maximum Gasteiger partial charge on any atom is 0.223 e.